The van der Waals surface area contributed by atoms with Gasteiger partial charge >= 0.3 is 0 Å². The molecule has 0 aromatic carbocycles. The highest BCUT2D eigenvalue weighted by molar-refractivity contribution is 4.93. The summed E-state index contributed by atoms with van der Waals surface area (Å²) in [7, 11) is 1.88. The molecule has 2 fully saturated rings. The maximum atomic E-state index is 5.71. The molecule has 0 aromatic rings. The van der Waals surface area contributed by atoms with Gasteiger partial charge in [-0.15, -0.1) is 0 Å². The molecule has 1 N–H and O–H groups in total. The molecule has 0 amide bonds. The second-order valence-electron chi connectivity index (χ2n) is 5.37. The summed E-state index contributed by atoms with van der Waals surface area (Å²) in [5, 5.41) is 3.57. The Hall–Kier alpha value is -0.120. The summed E-state index contributed by atoms with van der Waals surface area (Å²) >= 11 is 0. The van der Waals surface area contributed by atoms with E-state index in [0.29, 0.717) is 6.04 Å². The molecule has 1 saturated carbocycles. The number of nitrogens with one attached hydrogen (secondary N) is 1. The predicted octanol–water partition coefficient (Wildman–Crippen LogP) is 1.63. The van der Waals surface area contributed by atoms with Gasteiger partial charge in [0, 0.05) is 26.2 Å². The van der Waals surface area contributed by atoms with Gasteiger partial charge in [0.2, 0.25) is 0 Å². The molecule has 16 heavy (non-hydrogen) atoms. The van der Waals surface area contributed by atoms with Gasteiger partial charge in [-0.2, -0.15) is 0 Å². The minimum absolute atomic E-state index is 0.202. The van der Waals surface area contributed by atoms with Crippen molar-refractivity contribution < 1.29 is 4.74 Å². The molecule has 3 nitrogen and oxygen atoms in total. The third-order valence-electron chi connectivity index (χ3n) is 4.21. The quantitative estimate of drug-likeness (QED) is 0.771. The zero-order valence-electron chi connectivity index (χ0n) is 10.8. The predicted molar refractivity (Wildman–Crippen MR) is 66.7 cm³/mol. The number of hydrogen-bond acceptors (Lipinski definition) is 3. The van der Waals surface area contributed by atoms with Crippen LogP contribution in [0.5, 0.6) is 0 Å². The highest BCUT2D eigenvalue weighted by atomic mass is 16.5. The SMILES string of the molecule is CCNC1CCCN(CC2(OC)CCC2)C1. The van der Waals surface area contributed by atoms with Crippen LogP contribution in [0.15, 0.2) is 0 Å². The zero-order chi connectivity index (χ0) is 11.4. The van der Waals surface area contributed by atoms with Gasteiger partial charge in [-0.3, -0.25) is 4.90 Å². The van der Waals surface area contributed by atoms with Crippen LogP contribution >= 0.6 is 0 Å². The van der Waals surface area contributed by atoms with Gasteiger partial charge in [-0.25, -0.2) is 0 Å². The Morgan fingerprint density at radius 2 is 2.19 bits per heavy atom. The second kappa shape index (κ2) is 5.48. The van der Waals surface area contributed by atoms with E-state index in [9.17, 15) is 0 Å². The number of piperidine rings is 1. The average molecular weight is 226 g/mol. The van der Waals surface area contributed by atoms with Gasteiger partial charge in [-0.05, 0) is 45.2 Å². The maximum absolute atomic E-state index is 5.71. The summed E-state index contributed by atoms with van der Waals surface area (Å²) in [6, 6.07) is 0.702. The first-order chi connectivity index (χ1) is 7.78. The third kappa shape index (κ3) is 2.76. The smallest absolute Gasteiger partial charge is 0.0805 e. The van der Waals surface area contributed by atoms with Crippen LogP contribution in [0.25, 0.3) is 0 Å². The van der Waals surface area contributed by atoms with E-state index < -0.39 is 0 Å². The lowest BCUT2D eigenvalue weighted by molar-refractivity contribution is -0.0946. The molecule has 2 aliphatic rings. The minimum Gasteiger partial charge on any atom is -0.377 e. The van der Waals surface area contributed by atoms with Crippen LogP contribution in [0.3, 0.4) is 0 Å². The Morgan fingerprint density at radius 1 is 1.38 bits per heavy atom. The van der Waals surface area contributed by atoms with E-state index in [4.69, 9.17) is 4.74 Å². The van der Waals surface area contributed by atoms with Gasteiger partial charge < -0.3 is 10.1 Å². The van der Waals surface area contributed by atoms with Crippen molar-refractivity contribution in [3.8, 4) is 0 Å². The molecule has 1 saturated heterocycles. The van der Waals surface area contributed by atoms with Crippen molar-refractivity contribution in [2.24, 2.45) is 0 Å². The number of ether oxygens (including phenoxy) is 1. The normalized spacial score (nSPS) is 30.0. The van der Waals surface area contributed by atoms with Crippen LogP contribution in [-0.2, 0) is 4.74 Å². The molecule has 0 bridgehead atoms. The highest BCUT2D eigenvalue weighted by Gasteiger charge is 2.39. The molecule has 94 valence electrons. The Labute approximate surface area is 99.5 Å². The molecule has 2 rings (SSSR count). The molecule has 1 atom stereocenters. The summed E-state index contributed by atoms with van der Waals surface area (Å²) in [5.74, 6) is 0. The molecule has 0 aromatic heterocycles. The van der Waals surface area contributed by atoms with Crippen LogP contribution in [0.2, 0.25) is 0 Å². The number of nitrogens with zero attached hydrogens (tertiary/aromatic N) is 1. The van der Waals surface area contributed by atoms with Gasteiger partial charge in [0.05, 0.1) is 5.60 Å². The van der Waals surface area contributed by atoms with Crippen molar-refractivity contribution in [3.63, 3.8) is 0 Å². The van der Waals surface area contributed by atoms with Gasteiger partial charge in [0.15, 0.2) is 0 Å². The fraction of sp³-hybridized carbons (Fsp3) is 1.00. The number of likely N-dealkylation sites (tertiary alicyclic amines) is 1. The van der Waals surface area contributed by atoms with Gasteiger partial charge in [0.1, 0.15) is 0 Å². The fourth-order valence-corrected chi connectivity index (χ4v) is 3.06. The maximum Gasteiger partial charge on any atom is 0.0805 e. The van der Waals surface area contributed by atoms with E-state index in [1.807, 2.05) is 7.11 Å². The van der Waals surface area contributed by atoms with Crippen LogP contribution in [0, 0.1) is 0 Å². The standard InChI is InChI=1S/C13H26N2O/c1-3-14-12-6-4-9-15(10-12)11-13(16-2)7-5-8-13/h12,14H,3-11H2,1-2H3. The van der Waals surface area contributed by atoms with Crippen molar-refractivity contribution in [2.45, 2.75) is 50.7 Å². The molecule has 3 heteroatoms. The third-order valence-corrected chi connectivity index (χ3v) is 4.21. The summed E-state index contributed by atoms with van der Waals surface area (Å²) in [5.41, 5.74) is 0.202. The summed E-state index contributed by atoms with van der Waals surface area (Å²) < 4.78 is 5.71. The Balaban J connectivity index is 1.80. The van der Waals surface area contributed by atoms with Crippen molar-refractivity contribution in [1.82, 2.24) is 10.2 Å². The zero-order valence-corrected chi connectivity index (χ0v) is 10.8. The number of likely N-dealkylation sites (N-methyl/N-ethyl adjacent to an activating group) is 1. The summed E-state index contributed by atoms with van der Waals surface area (Å²) in [6.07, 6.45) is 6.53. The average Bonchev–Trinajstić information content (AvgIpc) is 2.25. The van der Waals surface area contributed by atoms with E-state index >= 15 is 0 Å². The largest absolute Gasteiger partial charge is 0.377 e. The number of methoxy groups -OCH3 is 1. The van der Waals surface area contributed by atoms with E-state index in [1.54, 1.807) is 0 Å². The lowest BCUT2D eigenvalue weighted by Gasteiger charge is -2.45. The lowest BCUT2D eigenvalue weighted by Crippen LogP contribution is -2.54. The molecule has 1 heterocycles. The number of hydrogen-bond donors (Lipinski definition) is 1. The van der Waals surface area contributed by atoms with Crippen LogP contribution in [0.1, 0.15) is 39.0 Å². The van der Waals surface area contributed by atoms with Crippen molar-refractivity contribution in [1.29, 1.82) is 0 Å². The van der Waals surface area contributed by atoms with Crippen LogP contribution < -0.4 is 5.32 Å². The van der Waals surface area contributed by atoms with E-state index in [2.05, 4.69) is 17.1 Å². The van der Waals surface area contributed by atoms with Crippen LogP contribution in [0.4, 0.5) is 0 Å². The lowest BCUT2D eigenvalue weighted by atomic mass is 9.79. The molecule has 0 radical (unpaired) electrons. The Morgan fingerprint density at radius 3 is 2.75 bits per heavy atom. The van der Waals surface area contributed by atoms with Crippen LogP contribution in [-0.4, -0.2) is 49.8 Å². The molecule has 1 aliphatic heterocycles. The van der Waals surface area contributed by atoms with Crippen molar-refractivity contribution in [3.05, 3.63) is 0 Å². The Bertz CT molecular complexity index is 208. The van der Waals surface area contributed by atoms with E-state index in [1.165, 1.54) is 45.2 Å². The minimum atomic E-state index is 0.202. The van der Waals surface area contributed by atoms with Gasteiger partial charge in [0.25, 0.3) is 0 Å². The molecular weight excluding hydrogens is 200 g/mol. The molecule has 1 aliphatic carbocycles. The van der Waals surface area contributed by atoms with E-state index in [0.717, 1.165) is 13.1 Å². The van der Waals surface area contributed by atoms with Crippen molar-refractivity contribution >= 4 is 0 Å². The topological polar surface area (TPSA) is 24.5 Å². The van der Waals surface area contributed by atoms with Gasteiger partial charge in [-0.1, -0.05) is 6.92 Å². The monoisotopic (exact) mass is 226 g/mol. The highest BCUT2D eigenvalue weighted by Crippen LogP contribution is 2.36. The first kappa shape index (κ1) is 12.3. The first-order valence-electron chi connectivity index (χ1n) is 6.79. The summed E-state index contributed by atoms with van der Waals surface area (Å²) in [4.78, 5) is 2.60. The second-order valence-corrected chi connectivity index (χ2v) is 5.37. The molecule has 1 unspecified atom stereocenters. The summed E-state index contributed by atoms with van der Waals surface area (Å²) in [6.45, 7) is 6.90. The molecule has 0 spiro atoms. The number of rotatable bonds is 5. The molecular formula is C13H26N2O. The Kier molecular flexibility index (Phi) is 4.22. The van der Waals surface area contributed by atoms with Crippen molar-refractivity contribution in [2.75, 3.05) is 33.3 Å². The fourth-order valence-electron chi connectivity index (χ4n) is 3.06. The first-order valence-corrected chi connectivity index (χ1v) is 6.79. The van der Waals surface area contributed by atoms with E-state index in [-0.39, 0.29) is 5.60 Å².